The van der Waals surface area contributed by atoms with Crippen molar-refractivity contribution in [1.29, 1.82) is 0 Å². The molecule has 2 rings (SSSR count). The summed E-state index contributed by atoms with van der Waals surface area (Å²) in [5.41, 5.74) is 5.44. The standard InChI is InChI=1S/C10H9F2NO4/c1-2-4-3-5-8(17-10(11,12)16-5)6(7(4)13)9(14)15/h3H,2,13H2,1H3,(H,14,15). The zero-order chi connectivity index (χ0) is 12.8. The number of hydrogen-bond acceptors (Lipinski definition) is 4. The minimum atomic E-state index is -3.86. The monoisotopic (exact) mass is 245 g/mol. The molecule has 1 aliphatic heterocycles. The van der Waals surface area contributed by atoms with Gasteiger partial charge in [0.1, 0.15) is 5.56 Å². The third kappa shape index (κ3) is 1.73. The summed E-state index contributed by atoms with van der Waals surface area (Å²) in [5.74, 6) is -2.27. The molecule has 0 atom stereocenters. The van der Waals surface area contributed by atoms with Crippen LogP contribution in [0.3, 0.4) is 0 Å². The van der Waals surface area contributed by atoms with Crippen molar-refractivity contribution in [2.75, 3.05) is 5.73 Å². The lowest BCUT2D eigenvalue weighted by Gasteiger charge is -2.09. The van der Waals surface area contributed by atoms with E-state index < -0.39 is 23.6 Å². The number of nitrogen functional groups attached to an aromatic ring is 1. The van der Waals surface area contributed by atoms with Gasteiger partial charge in [-0.3, -0.25) is 0 Å². The number of rotatable bonds is 2. The minimum absolute atomic E-state index is 0.0833. The molecule has 0 radical (unpaired) electrons. The van der Waals surface area contributed by atoms with E-state index in [9.17, 15) is 13.6 Å². The first-order chi connectivity index (χ1) is 7.85. The van der Waals surface area contributed by atoms with Crippen molar-refractivity contribution < 1.29 is 28.2 Å². The van der Waals surface area contributed by atoms with Crippen molar-refractivity contribution in [3.63, 3.8) is 0 Å². The number of fused-ring (bicyclic) bond motifs is 1. The van der Waals surface area contributed by atoms with Crippen LogP contribution in [0.15, 0.2) is 6.07 Å². The lowest BCUT2D eigenvalue weighted by Crippen LogP contribution is -2.26. The van der Waals surface area contributed by atoms with Crippen LogP contribution < -0.4 is 15.2 Å². The van der Waals surface area contributed by atoms with E-state index in [1.165, 1.54) is 6.07 Å². The van der Waals surface area contributed by atoms with Crippen molar-refractivity contribution in [3.8, 4) is 11.5 Å². The third-order valence-corrected chi connectivity index (χ3v) is 2.42. The van der Waals surface area contributed by atoms with Gasteiger partial charge in [0.25, 0.3) is 0 Å². The van der Waals surface area contributed by atoms with Crippen molar-refractivity contribution in [2.24, 2.45) is 0 Å². The lowest BCUT2D eigenvalue weighted by atomic mass is 10.0. The SMILES string of the molecule is CCc1cc2c(c(C(=O)O)c1N)OC(F)(F)O2. The van der Waals surface area contributed by atoms with Gasteiger partial charge in [0.05, 0.1) is 5.69 Å². The molecule has 0 aromatic heterocycles. The normalized spacial score (nSPS) is 15.9. The molecule has 0 bridgehead atoms. The first kappa shape index (κ1) is 11.4. The Morgan fingerprint density at radius 2 is 2.18 bits per heavy atom. The van der Waals surface area contributed by atoms with Gasteiger partial charge in [-0.05, 0) is 18.1 Å². The predicted molar refractivity (Wildman–Crippen MR) is 53.4 cm³/mol. The van der Waals surface area contributed by atoms with Gasteiger partial charge in [-0.1, -0.05) is 6.92 Å². The Bertz CT molecular complexity index is 502. The van der Waals surface area contributed by atoms with Crippen LogP contribution in [-0.4, -0.2) is 17.4 Å². The summed E-state index contributed by atoms with van der Waals surface area (Å²) in [7, 11) is 0. The molecule has 5 nitrogen and oxygen atoms in total. The topological polar surface area (TPSA) is 81.8 Å². The largest absolute Gasteiger partial charge is 0.586 e. The van der Waals surface area contributed by atoms with Crippen LogP contribution in [0.25, 0.3) is 0 Å². The number of aromatic carboxylic acids is 1. The zero-order valence-corrected chi connectivity index (χ0v) is 8.79. The maximum atomic E-state index is 12.9. The van der Waals surface area contributed by atoms with Crippen molar-refractivity contribution in [3.05, 3.63) is 17.2 Å². The van der Waals surface area contributed by atoms with E-state index >= 15 is 0 Å². The first-order valence-electron chi connectivity index (χ1n) is 4.80. The van der Waals surface area contributed by atoms with E-state index in [0.29, 0.717) is 12.0 Å². The number of ether oxygens (including phenoxy) is 2. The third-order valence-electron chi connectivity index (χ3n) is 2.42. The van der Waals surface area contributed by atoms with Gasteiger partial charge >= 0.3 is 12.3 Å². The Balaban J connectivity index is 2.67. The number of halogens is 2. The fourth-order valence-corrected chi connectivity index (χ4v) is 1.66. The number of benzene rings is 1. The van der Waals surface area contributed by atoms with Crippen LogP contribution in [0.4, 0.5) is 14.5 Å². The molecule has 17 heavy (non-hydrogen) atoms. The number of carboxylic acid groups (broad SMARTS) is 1. The quantitative estimate of drug-likeness (QED) is 0.777. The highest BCUT2D eigenvalue weighted by molar-refractivity contribution is 5.99. The molecule has 0 spiro atoms. The van der Waals surface area contributed by atoms with E-state index in [1.807, 2.05) is 0 Å². The molecule has 0 unspecified atom stereocenters. The molecule has 7 heteroatoms. The average Bonchev–Trinajstić information content (AvgIpc) is 2.50. The van der Waals surface area contributed by atoms with E-state index in [0.717, 1.165) is 0 Å². The van der Waals surface area contributed by atoms with Gasteiger partial charge in [0.2, 0.25) is 0 Å². The van der Waals surface area contributed by atoms with E-state index in [-0.39, 0.29) is 11.4 Å². The predicted octanol–water partition coefficient (Wildman–Crippen LogP) is 1.85. The maximum Gasteiger partial charge on any atom is 0.586 e. The fraction of sp³-hybridized carbons (Fsp3) is 0.300. The smallest absolute Gasteiger partial charge is 0.477 e. The summed E-state index contributed by atoms with van der Waals surface area (Å²) in [4.78, 5) is 11.0. The Hall–Kier alpha value is -2.05. The molecule has 3 N–H and O–H groups in total. The van der Waals surface area contributed by atoms with Gasteiger partial charge in [-0.2, -0.15) is 0 Å². The van der Waals surface area contributed by atoms with Crippen molar-refractivity contribution >= 4 is 11.7 Å². The molecule has 0 aliphatic carbocycles. The number of alkyl halides is 2. The highest BCUT2D eigenvalue weighted by atomic mass is 19.3. The lowest BCUT2D eigenvalue weighted by molar-refractivity contribution is -0.286. The second-order valence-electron chi connectivity index (χ2n) is 3.48. The summed E-state index contributed by atoms with van der Waals surface area (Å²) in [5, 5.41) is 8.96. The number of carbonyl (C=O) groups is 1. The Morgan fingerprint density at radius 3 is 2.71 bits per heavy atom. The van der Waals surface area contributed by atoms with Crippen LogP contribution in [0.2, 0.25) is 0 Å². The number of aryl methyl sites for hydroxylation is 1. The summed E-state index contributed by atoms with van der Waals surface area (Å²) < 4.78 is 34.1. The molecule has 1 aromatic carbocycles. The first-order valence-corrected chi connectivity index (χ1v) is 4.80. The van der Waals surface area contributed by atoms with Crippen LogP contribution in [0.5, 0.6) is 11.5 Å². The number of nitrogens with two attached hydrogens (primary N) is 1. The number of carboxylic acids is 1. The summed E-state index contributed by atoms with van der Waals surface area (Å²) in [6.45, 7) is 1.72. The van der Waals surface area contributed by atoms with Crippen molar-refractivity contribution in [1.82, 2.24) is 0 Å². The highest BCUT2D eigenvalue weighted by Crippen LogP contribution is 2.46. The van der Waals surface area contributed by atoms with Gasteiger partial charge in [0, 0.05) is 0 Å². The van der Waals surface area contributed by atoms with Gasteiger partial charge in [-0.15, -0.1) is 8.78 Å². The second kappa shape index (κ2) is 3.47. The summed E-state index contributed by atoms with van der Waals surface area (Å²) >= 11 is 0. The zero-order valence-electron chi connectivity index (χ0n) is 8.79. The molecule has 92 valence electrons. The van der Waals surface area contributed by atoms with Crippen LogP contribution in [0.1, 0.15) is 22.8 Å². The molecule has 0 amide bonds. The van der Waals surface area contributed by atoms with Crippen LogP contribution in [-0.2, 0) is 6.42 Å². The Labute approximate surface area is 94.7 Å². The Kier molecular flexibility index (Phi) is 2.34. The van der Waals surface area contributed by atoms with E-state index in [2.05, 4.69) is 9.47 Å². The summed E-state index contributed by atoms with van der Waals surface area (Å²) in [6, 6.07) is 1.26. The minimum Gasteiger partial charge on any atom is -0.477 e. The van der Waals surface area contributed by atoms with Crippen LogP contribution in [0, 0.1) is 0 Å². The molecule has 1 aromatic rings. The molecule has 0 saturated carbocycles. The second-order valence-corrected chi connectivity index (χ2v) is 3.48. The van der Waals surface area contributed by atoms with Crippen LogP contribution >= 0.6 is 0 Å². The fourth-order valence-electron chi connectivity index (χ4n) is 1.66. The van der Waals surface area contributed by atoms with Gasteiger partial charge in [0.15, 0.2) is 11.5 Å². The molecule has 0 fully saturated rings. The van der Waals surface area contributed by atoms with E-state index in [4.69, 9.17) is 10.8 Å². The maximum absolute atomic E-state index is 12.9. The summed E-state index contributed by atoms with van der Waals surface area (Å²) in [6.07, 6.45) is -3.46. The van der Waals surface area contributed by atoms with Crippen molar-refractivity contribution in [2.45, 2.75) is 19.6 Å². The molecule has 0 saturated heterocycles. The Morgan fingerprint density at radius 1 is 1.53 bits per heavy atom. The highest BCUT2D eigenvalue weighted by Gasteiger charge is 2.46. The average molecular weight is 245 g/mol. The molecule has 1 heterocycles. The van der Waals surface area contributed by atoms with Gasteiger partial charge < -0.3 is 20.3 Å². The van der Waals surface area contributed by atoms with Gasteiger partial charge in [-0.25, -0.2) is 4.79 Å². The number of anilines is 1. The van der Waals surface area contributed by atoms with E-state index in [1.54, 1.807) is 6.92 Å². The molecule has 1 aliphatic rings. The number of hydrogen-bond donors (Lipinski definition) is 2. The molecular weight excluding hydrogens is 236 g/mol. The molecular formula is C10H9F2NO4.